The molecule has 0 aromatic heterocycles. The number of aliphatic hydroxyl groups is 1. The minimum absolute atomic E-state index is 0.585. The second-order valence-corrected chi connectivity index (χ2v) is 5.41. The minimum atomic E-state index is -0.707. The van der Waals surface area contributed by atoms with E-state index in [0.29, 0.717) is 5.70 Å². The van der Waals surface area contributed by atoms with Crippen molar-refractivity contribution in [2.24, 2.45) is 0 Å². The molecule has 2 nitrogen and oxygen atoms in total. The predicted octanol–water partition coefficient (Wildman–Crippen LogP) is 4.61. The standard InChI is InChI=1S/C19H23NO/c1-4-5-16-8-10-17(11-9-16)19(21)15(3)20-18-12-6-14(2)7-13-18/h6-13,19-21H,3-5H2,1-2H3. The summed E-state index contributed by atoms with van der Waals surface area (Å²) < 4.78 is 0. The number of rotatable bonds is 6. The molecule has 0 aliphatic heterocycles. The van der Waals surface area contributed by atoms with Gasteiger partial charge in [0.25, 0.3) is 0 Å². The molecule has 0 fully saturated rings. The molecule has 0 aliphatic rings. The smallest absolute Gasteiger partial charge is 0.118 e. The van der Waals surface area contributed by atoms with E-state index in [2.05, 4.69) is 31.0 Å². The van der Waals surface area contributed by atoms with E-state index in [-0.39, 0.29) is 0 Å². The highest BCUT2D eigenvalue weighted by Gasteiger charge is 2.11. The number of hydrogen-bond acceptors (Lipinski definition) is 2. The van der Waals surface area contributed by atoms with Crippen LogP contribution in [0.2, 0.25) is 0 Å². The van der Waals surface area contributed by atoms with Gasteiger partial charge < -0.3 is 10.4 Å². The zero-order chi connectivity index (χ0) is 15.2. The Bertz CT molecular complexity index is 584. The first-order valence-corrected chi connectivity index (χ1v) is 7.39. The lowest BCUT2D eigenvalue weighted by atomic mass is 10.0. The molecule has 2 aromatic carbocycles. The van der Waals surface area contributed by atoms with Crippen LogP contribution in [0.25, 0.3) is 0 Å². The maximum absolute atomic E-state index is 10.4. The lowest BCUT2D eigenvalue weighted by molar-refractivity contribution is 0.217. The number of aliphatic hydroxyl groups excluding tert-OH is 1. The first kappa shape index (κ1) is 15.3. The van der Waals surface area contributed by atoms with Crippen molar-refractivity contribution in [3.63, 3.8) is 0 Å². The second kappa shape index (κ2) is 7.09. The van der Waals surface area contributed by atoms with Gasteiger partial charge in [0.1, 0.15) is 6.10 Å². The molecule has 110 valence electrons. The van der Waals surface area contributed by atoms with Crippen LogP contribution in [0.1, 0.15) is 36.1 Å². The first-order chi connectivity index (χ1) is 10.1. The van der Waals surface area contributed by atoms with Crippen LogP contribution in [-0.2, 0) is 6.42 Å². The summed E-state index contributed by atoms with van der Waals surface area (Å²) >= 11 is 0. The fourth-order valence-corrected chi connectivity index (χ4v) is 2.25. The Labute approximate surface area is 127 Å². The van der Waals surface area contributed by atoms with Crippen LogP contribution in [0.15, 0.2) is 60.8 Å². The van der Waals surface area contributed by atoms with E-state index < -0.39 is 6.10 Å². The van der Waals surface area contributed by atoms with Gasteiger partial charge in [-0.2, -0.15) is 0 Å². The van der Waals surface area contributed by atoms with Gasteiger partial charge in [0.05, 0.1) is 0 Å². The summed E-state index contributed by atoms with van der Waals surface area (Å²) in [5, 5.41) is 13.5. The Morgan fingerprint density at radius 2 is 1.71 bits per heavy atom. The highest BCUT2D eigenvalue weighted by Crippen LogP contribution is 2.23. The number of aryl methyl sites for hydroxylation is 2. The van der Waals surface area contributed by atoms with Crippen LogP contribution >= 0.6 is 0 Å². The molecule has 0 saturated carbocycles. The summed E-state index contributed by atoms with van der Waals surface area (Å²) in [4.78, 5) is 0. The summed E-state index contributed by atoms with van der Waals surface area (Å²) in [6.45, 7) is 8.16. The Morgan fingerprint density at radius 3 is 2.29 bits per heavy atom. The largest absolute Gasteiger partial charge is 0.382 e. The average molecular weight is 281 g/mol. The molecule has 2 rings (SSSR count). The zero-order valence-corrected chi connectivity index (χ0v) is 12.8. The Balaban J connectivity index is 2.02. The lowest BCUT2D eigenvalue weighted by Gasteiger charge is -2.17. The molecule has 0 bridgehead atoms. The molecule has 2 heteroatoms. The van der Waals surface area contributed by atoms with Crippen LogP contribution in [0.3, 0.4) is 0 Å². The number of benzene rings is 2. The molecule has 0 aliphatic carbocycles. The van der Waals surface area contributed by atoms with Gasteiger partial charge in [0, 0.05) is 11.4 Å². The van der Waals surface area contributed by atoms with Gasteiger partial charge in [-0.15, -0.1) is 0 Å². The van der Waals surface area contributed by atoms with Gasteiger partial charge >= 0.3 is 0 Å². The van der Waals surface area contributed by atoms with Crippen molar-refractivity contribution in [3.05, 3.63) is 77.5 Å². The van der Waals surface area contributed by atoms with Crippen molar-refractivity contribution in [3.8, 4) is 0 Å². The van der Waals surface area contributed by atoms with Crippen molar-refractivity contribution in [2.75, 3.05) is 5.32 Å². The Hall–Kier alpha value is -2.06. The van der Waals surface area contributed by atoms with Crippen LogP contribution in [0.4, 0.5) is 5.69 Å². The Kier molecular flexibility index (Phi) is 5.18. The van der Waals surface area contributed by atoms with E-state index in [1.807, 2.05) is 43.3 Å². The summed E-state index contributed by atoms with van der Waals surface area (Å²) in [6, 6.07) is 16.1. The second-order valence-electron chi connectivity index (χ2n) is 5.41. The highest BCUT2D eigenvalue weighted by molar-refractivity contribution is 5.50. The van der Waals surface area contributed by atoms with Crippen molar-refractivity contribution in [1.82, 2.24) is 0 Å². The molecule has 0 amide bonds. The predicted molar refractivity (Wildman–Crippen MR) is 89.3 cm³/mol. The average Bonchev–Trinajstić information content (AvgIpc) is 2.50. The third kappa shape index (κ3) is 4.20. The van der Waals surface area contributed by atoms with Gasteiger partial charge in [-0.1, -0.05) is 61.9 Å². The van der Waals surface area contributed by atoms with E-state index in [0.717, 1.165) is 24.1 Å². The number of hydrogen-bond donors (Lipinski definition) is 2. The molecule has 21 heavy (non-hydrogen) atoms. The fraction of sp³-hybridized carbons (Fsp3) is 0.263. The maximum Gasteiger partial charge on any atom is 0.118 e. The monoisotopic (exact) mass is 281 g/mol. The van der Waals surface area contributed by atoms with Gasteiger partial charge in [0.2, 0.25) is 0 Å². The summed E-state index contributed by atoms with van der Waals surface area (Å²) in [7, 11) is 0. The number of nitrogens with one attached hydrogen (secondary N) is 1. The van der Waals surface area contributed by atoms with Crippen LogP contribution < -0.4 is 5.32 Å². The van der Waals surface area contributed by atoms with Gasteiger partial charge in [-0.25, -0.2) is 0 Å². The third-order valence-corrected chi connectivity index (χ3v) is 3.52. The minimum Gasteiger partial charge on any atom is -0.382 e. The van der Waals surface area contributed by atoms with E-state index in [4.69, 9.17) is 0 Å². The van der Waals surface area contributed by atoms with Gasteiger partial charge in [-0.3, -0.25) is 0 Å². The molecule has 0 spiro atoms. The van der Waals surface area contributed by atoms with Crippen molar-refractivity contribution in [2.45, 2.75) is 32.8 Å². The summed E-state index contributed by atoms with van der Waals surface area (Å²) in [5.41, 5.74) is 4.89. The SMILES string of the molecule is C=C(Nc1ccc(C)cc1)C(O)c1ccc(CCC)cc1. The van der Waals surface area contributed by atoms with E-state index >= 15 is 0 Å². The summed E-state index contributed by atoms with van der Waals surface area (Å²) in [6.07, 6.45) is 1.49. The van der Waals surface area contributed by atoms with Gasteiger partial charge in [-0.05, 0) is 36.6 Å². The topological polar surface area (TPSA) is 32.3 Å². The molecular weight excluding hydrogens is 258 g/mol. The van der Waals surface area contributed by atoms with Crippen LogP contribution in [0, 0.1) is 6.92 Å². The van der Waals surface area contributed by atoms with Crippen molar-refractivity contribution >= 4 is 5.69 Å². The normalized spacial score (nSPS) is 12.0. The molecule has 2 N–H and O–H groups in total. The van der Waals surface area contributed by atoms with E-state index in [1.54, 1.807) is 0 Å². The molecule has 0 saturated heterocycles. The quantitative estimate of drug-likeness (QED) is 0.810. The molecular formula is C19H23NO. The molecule has 0 radical (unpaired) electrons. The van der Waals surface area contributed by atoms with Gasteiger partial charge in [0.15, 0.2) is 0 Å². The molecule has 1 unspecified atom stereocenters. The van der Waals surface area contributed by atoms with Crippen molar-refractivity contribution < 1.29 is 5.11 Å². The number of anilines is 1. The van der Waals surface area contributed by atoms with Crippen LogP contribution in [0.5, 0.6) is 0 Å². The van der Waals surface area contributed by atoms with Crippen LogP contribution in [-0.4, -0.2) is 5.11 Å². The van der Waals surface area contributed by atoms with E-state index in [1.165, 1.54) is 11.1 Å². The van der Waals surface area contributed by atoms with E-state index in [9.17, 15) is 5.11 Å². The third-order valence-electron chi connectivity index (χ3n) is 3.52. The molecule has 0 heterocycles. The lowest BCUT2D eigenvalue weighted by Crippen LogP contribution is -2.09. The first-order valence-electron chi connectivity index (χ1n) is 7.39. The maximum atomic E-state index is 10.4. The summed E-state index contributed by atoms with van der Waals surface area (Å²) in [5.74, 6) is 0. The molecule has 2 aromatic rings. The molecule has 1 atom stereocenters. The Morgan fingerprint density at radius 1 is 1.10 bits per heavy atom. The van der Waals surface area contributed by atoms with Crippen molar-refractivity contribution in [1.29, 1.82) is 0 Å². The highest BCUT2D eigenvalue weighted by atomic mass is 16.3. The fourth-order valence-electron chi connectivity index (χ4n) is 2.25. The zero-order valence-electron chi connectivity index (χ0n) is 12.8.